The molecule has 0 aliphatic heterocycles. The Morgan fingerprint density at radius 1 is 0.892 bits per heavy atom. The molecule has 8 heteroatoms. The molecule has 182 valence electrons. The van der Waals surface area contributed by atoms with Crippen molar-refractivity contribution in [3.05, 3.63) is 118 Å². The Kier molecular flexibility index (Phi) is 5.50. The van der Waals surface area contributed by atoms with Crippen molar-refractivity contribution in [1.29, 1.82) is 0 Å². The minimum atomic E-state index is -1.12. The SMILES string of the molecule is CCn1c2ccccc2c2cc(-n3nnc(C(O)c4ccc([N+](=O)[O-])cc4)c3-c3ccccc3)ccc21. The Labute approximate surface area is 212 Å². The largest absolute Gasteiger partial charge is 0.382 e. The summed E-state index contributed by atoms with van der Waals surface area (Å²) in [7, 11) is 0. The van der Waals surface area contributed by atoms with E-state index >= 15 is 0 Å². The molecule has 1 N–H and O–H groups in total. The molecule has 1 atom stereocenters. The molecule has 1 unspecified atom stereocenters. The number of hydrogen-bond donors (Lipinski definition) is 1. The average molecular weight is 490 g/mol. The molecule has 0 saturated carbocycles. The number of fused-ring (bicyclic) bond motifs is 3. The van der Waals surface area contributed by atoms with Gasteiger partial charge in [-0.25, -0.2) is 4.68 Å². The van der Waals surface area contributed by atoms with E-state index in [-0.39, 0.29) is 5.69 Å². The molecule has 0 spiro atoms. The van der Waals surface area contributed by atoms with Gasteiger partial charge in [0.1, 0.15) is 17.5 Å². The summed E-state index contributed by atoms with van der Waals surface area (Å²) < 4.78 is 4.04. The van der Waals surface area contributed by atoms with Gasteiger partial charge in [-0.2, -0.15) is 0 Å². The maximum atomic E-state index is 11.3. The lowest BCUT2D eigenvalue weighted by Crippen LogP contribution is -2.04. The Bertz CT molecular complexity index is 1750. The summed E-state index contributed by atoms with van der Waals surface area (Å²) in [5.41, 5.74) is 5.47. The maximum Gasteiger partial charge on any atom is 0.269 e. The summed E-state index contributed by atoms with van der Waals surface area (Å²) in [4.78, 5) is 10.6. The quantitative estimate of drug-likeness (QED) is 0.227. The molecule has 0 aliphatic rings. The lowest BCUT2D eigenvalue weighted by Gasteiger charge is -2.13. The summed E-state index contributed by atoms with van der Waals surface area (Å²) in [6.07, 6.45) is -1.12. The van der Waals surface area contributed by atoms with Gasteiger partial charge < -0.3 is 9.67 Å². The van der Waals surface area contributed by atoms with Crippen molar-refractivity contribution in [3.8, 4) is 16.9 Å². The first kappa shape index (κ1) is 22.6. The number of aryl methyl sites for hydroxylation is 1. The topological polar surface area (TPSA) is 99.0 Å². The first-order chi connectivity index (χ1) is 18.1. The van der Waals surface area contributed by atoms with Crippen molar-refractivity contribution < 1.29 is 10.0 Å². The van der Waals surface area contributed by atoms with Crippen LogP contribution in [-0.4, -0.2) is 29.6 Å². The fourth-order valence-corrected chi connectivity index (χ4v) is 4.97. The van der Waals surface area contributed by atoms with E-state index in [0.717, 1.165) is 34.1 Å². The van der Waals surface area contributed by atoms with Crippen LogP contribution in [0.4, 0.5) is 5.69 Å². The lowest BCUT2D eigenvalue weighted by molar-refractivity contribution is -0.384. The fraction of sp³-hybridized carbons (Fsp3) is 0.103. The molecule has 2 heterocycles. The smallest absolute Gasteiger partial charge is 0.269 e. The van der Waals surface area contributed by atoms with Gasteiger partial charge in [0.25, 0.3) is 5.69 Å². The van der Waals surface area contributed by atoms with E-state index in [9.17, 15) is 15.2 Å². The minimum absolute atomic E-state index is 0.0394. The zero-order valence-corrected chi connectivity index (χ0v) is 20.0. The third kappa shape index (κ3) is 3.75. The highest BCUT2D eigenvalue weighted by Crippen LogP contribution is 2.35. The van der Waals surface area contributed by atoms with Crippen molar-refractivity contribution in [1.82, 2.24) is 19.6 Å². The Morgan fingerprint density at radius 3 is 2.32 bits per heavy atom. The summed E-state index contributed by atoms with van der Waals surface area (Å²) in [5.74, 6) is 0. The summed E-state index contributed by atoms with van der Waals surface area (Å²) in [6, 6.07) is 30.1. The number of aliphatic hydroxyl groups excluding tert-OH is 1. The van der Waals surface area contributed by atoms with Gasteiger partial charge >= 0.3 is 0 Å². The van der Waals surface area contributed by atoms with E-state index in [1.807, 2.05) is 48.5 Å². The third-order valence-corrected chi connectivity index (χ3v) is 6.74. The molecule has 0 radical (unpaired) electrons. The Hall–Kier alpha value is -4.82. The summed E-state index contributed by atoms with van der Waals surface area (Å²) >= 11 is 0. The highest BCUT2D eigenvalue weighted by Gasteiger charge is 2.24. The predicted molar refractivity (Wildman–Crippen MR) is 143 cm³/mol. The van der Waals surface area contributed by atoms with Gasteiger partial charge in [-0.15, -0.1) is 5.10 Å². The molecule has 4 aromatic carbocycles. The van der Waals surface area contributed by atoms with E-state index in [0.29, 0.717) is 17.0 Å². The second-order valence-corrected chi connectivity index (χ2v) is 8.82. The van der Waals surface area contributed by atoms with E-state index in [1.165, 1.54) is 17.6 Å². The average Bonchev–Trinajstić information content (AvgIpc) is 3.52. The Balaban J connectivity index is 1.53. The molecule has 2 aromatic heterocycles. The van der Waals surface area contributed by atoms with Gasteiger partial charge in [-0.3, -0.25) is 10.1 Å². The number of aliphatic hydroxyl groups is 1. The monoisotopic (exact) mass is 489 g/mol. The number of nitro groups is 1. The number of para-hydroxylation sites is 1. The van der Waals surface area contributed by atoms with Crippen LogP contribution in [0.15, 0.2) is 97.1 Å². The molecule has 0 fully saturated rings. The second kappa shape index (κ2) is 9.00. The lowest BCUT2D eigenvalue weighted by atomic mass is 10.0. The van der Waals surface area contributed by atoms with Gasteiger partial charge in [0.2, 0.25) is 0 Å². The van der Waals surface area contributed by atoms with Gasteiger partial charge in [-0.1, -0.05) is 53.7 Å². The first-order valence-electron chi connectivity index (χ1n) is 12.0. The molecule has 8 nitrogen and oxygen atoms in total. The van der Waals surface area contributed by atoms with Crippen LogP contribution in [0.1, 0.15) is 24.3 Å². The van der Waals surface area contributed by atoms with Gasteiger partial charge in [0, 0.05) is 46.0 Å². The van der Waals surface area contributed by atoms with Crippen LogP contribution in [0.5, 0.6) is 0 Å². The van der Waals surface area contributed by atoms with Crippen molar-refractivity contribution in [2.45, 2.75) is 19.6 Å². The highest BCUT2D eigenvalue weighted by molar-refractivity contribution is 6.08. The molecule has 0 saturated heterocycles. The van der Waals surface area contributed by atoms with E-state index < -0.39 is 11.0 Å². The number of hydrogen-bond acceptors (Lipinski definition) is 5. The first-order valence-corrected chi connectivity index (χ1v) is 12.0. The van der Waals surface area contributed by atoms with Crippen molar-refractivity contribution in [2.75, 3.05) is 0 Å². The van der Waals surface area contributed by atoms with Crippen LogP contribution in [0.25, 0.3) is 38.8 Å². The molecule has 6 aromatic rings. The zero-order chi connectivity index (χ0) is 25.5. The minimum Gasteiger partial charge on any atom is -0.382 e. The molecule has 6 rings (SSSR count). The summed E-state index contributed by atoms with van der Waals surface area (Å²) in [5, 5.41) is 33.5. The maximum absolute atomic E-state index is 11.3. The summed E-state index contributed by atoms with van der Waals surface area (Å²) in [6.45, 7) is 2.99. The normalized spacial score (nSPS) is 12.3. The van der Waals surface area contributed by atoms with Crippen LogP contribution >= 0.6 is 0 Å². The van der Waals surface area contributed by atoms with Crippen LogP contribution < -0.4 is 0 Å². The molecular formula is C29H23N5O3. The van der Waals surface area contributed by atoms with Gasteiger partial charge in [-0.05, 0) is 48.9 Å². The zero-order valence-electron chi connectivity index (χ0n) is 20.0. The van der Waals surface area contributed by atoms with Crippen molar-refractivity contribution in [2.24, 2.45) is 0 Å². The van der Waals surface area contributed by atoms with Gasteiger partial charge in [0.05, 0.1) is 10.6 Å². The highest BCUT2D eigenvalue weighted by atomic mass is 16.6. The third-order valence-electron chi connectivity index (χ3n) is 6.74. The standard InChI is InChI=1S/C29H23N5O3/c1-2-32-25-11-7-6-10-23(25)24-18-22(16-17-26(24)32)33-28(19-8-4-3-5-9-19)27(30-31-33)29(35)20-12-14-21(15-13-20)34(36)37/h3-18,29,35H,2H2,1H3. The molecule has 0 amide bonds. The van der Waals surface area contributed by atoms with E-state index in [4.69, 9.17) is 0 Å². The number of benzene rings is 4. The van der Waals surface area contributed by atoms with Crippen LogP contribution in [0.2, 0.25) is 0 Å². The van der Waals surface area contributed by atoms with Gasteiger partial charge in [0.15, 0.2) is 0 Å². The number of aromatic nitrogens is 4. The molecule has 0 bridgehead atoms. The number of non-ortho nitro benzene ring substituents is 1. The number of nitrogens with zero attached hydrogens (tertiary/aromatic N) is 5. The fourth-order valence-electron chi connectivity index (χ4n) is 4.97. The number of rotatable bonds is 6. The molecular weight excluding hydrogens is 466 g/mol. The molecule has 0 aliphatic carbocycles. The Morgan fingerprint density at radius 2 is 1.59 bits per heavy atom. The van der Waals surface area contributed by atoms with Crippen LogP contribution in [-0.2, 0) is 6.54 Å². The van der Waals surface area contributed by atoms with Crippen molar-refractivity contribution in [3.63, 3.8) is 0 Å². The van der Waals surface area contributed by atoms with Crippen LogP contribution in [0.3, 0.4) is 0 Å². The molecule has 37 heavy (non-hydrogen) atoms. The van der Waals surface area contributed by atoms with E-state index in [1.54, 1.807) is 16.8 Å². The predicted octanol–water partition coefficient (Wildman–Crippen LogP) is 6.05. The number of nitro benzene ring substituents is 1. The van der Waals surface area contributed by atoms with Crippen molar-refractivity contribution >= 4 is 27.5 Å². The second-order valence-electron chi connectivity index (χ2n) is 8.82. The van der Waals surface area contributed by atoms with E-state index in [2.05, 4.69) is 46.1 Å². The van der Waals surface area contributed by atoms with Crippen LogP contribution in [0, 0.1) is 10.1 Å².